The van der Waals surface area contributed by atoms with Crippen LogP contribution in [0.1, 0.15) is 43.2 Å². The van der Waals surface area contributed by atoms with Crippen molar-refractivity contribution in [1.29, 1.82) is 5.26 Å². The van der Waals surface area contributed by atoms with Crippen molar-refractivity contribution in [3.8, 4) is 6.07 Å². The molecule has 2 aromatic rings. The minimum Gasteiger partial charge on any atom is -0.332 e. The molecule has 136 valence electrons. The summed E-state index contributed by atoms with van der Waals surface area (Å²) in [6.07, 6.45) is 0. The van der Waals surface area contributed by atoms with E-state index in [0.717, 1.165) is 10.2 Å². The van der Waals surface area contributed by atoms with E-state index in [2.05, 4.69) is 5.10 Å². The van der Waals surface area contributed by atoms with Crippen LogP contribution in [-0.2, 0) is 17.9 Å². The minimum absolute atomic E-state index is 0.0377. The standard InChI is InChI=1S/C20H24N4O2/c1-14-15(2)22-24(19(26)17(14)11-21)13-18(25)23(20(3,4)5)12-16-9-7-6-8-10-16/h6-10H,12-13H2,1-5H3. The van der Waals surface area contributed by atoms with Crippen LogP contribution >= 0.6 is 0 Å². The molecule has 0 radical (unpaired) electrons. The number of carbonyl (C=O) groups excluding carboxylic acids is 1. The van der Waals surface area contributed by atoms with Crippen LogP contribution in [0, 0.1) is 25.2 Å². The molecule has 0 saturated carbocycles. The second-order valence-corrected chi connectivity index (χ2v) is 7.30. The maximum absolute atomic E-state index is 13.0. The summed E-state index contributed by atoms with van der Waals surface area (Å²) in [4.78, 5) is 27.1. The Morgan fingerprint density at radius 3 is 2.38 bits per heavy atom. The van der Waals surface area contributed by atoms with Gasteiger partial charge in [-0.15, -0.1) is 0 Å². The van der Waals surface area contributed by atoms with Crippen LogP contribution in [0.15, 0.2) is 35.1 Å². The van der Waals surface area contributed by atoms with Crippen molar-refractivity contribution >= 4 is 5.91 Å². The molecule has 1 amide bonds. The zero-order valence-electron chi connectivity index (χ0n) is 15.9. The molecule has 1 aromatic heterocycles. The molecule has 0 bridgehead atoms. The first-order valence-electron chi connectivity index (χ1n) is 8.48. The lowest BCUT2D eigenvalue weighted by molar-refractivity contribution is -0.137. The summed E-state index contributed by atoms with van der Waals surface area (Å²) in [7, 11) is 0. The van der Waals surface area contributed by atoms with Crippen LogP contribution in [0.3, 0.4) is 0 Å². The summed E-state index contributed by atoms with van der Waals surface area (Å²) >= 11 is 0. The lowest BCUT2D eigenvalue weighted by Gasteiger charge is -2.36. The SMILES string of the molecule is Cc1nn(CC(=O)N(Cc2ccccc2)C(C)(C)C)c(=O)c(C#N)c1C. The number of nitrogens with zero attached hydrogens (tertiary/aromatic N) is 4. The van der Waals surface area contributed by atoms with Gasteiger partial charge in [0.2, 0.25) is 5.91 Å². The zero-order chi connectivity index (χ0) is 19.5. The number of aromatic nitrogens is 2. The first-order valence-corrected chi connectivity index (χ1v) is 8.48. The number of benzene rings is 1. The second-order valence-electron chi connectivity index (χ2n) is 7.30. The highest BCUT2D eigenvalue weighted by Crippen LogP contribution is 2.18. The van der Waals surface area contributed by atoms with E-state index in [4.69, 9.17) is 0 Å². The fourth-order valence-corrected chi connectivity index (χ4v) is 2.69. The molecule has 1 aromatic carbocycles. The van der Waals surface area contributed by atoms with Gasteiger partial charge in [-0.05, 0) is 45.7 Å². The molecule has 0 fully saturated rings. The molecule has 1 heterocycles. The Morgan fingerprint density at radius 2 is 1.85 bits per heavy atom. The number of hydrogen-bond donors (Lipinski definition) is 0. The lowest BCUT2D eigenvalue weighted by atomic mass is 10.0. The molecule has 6 heteroatoms. The maximum atomic E-state index is 13.0. The zero-order valence-corrected chi connectivity index (χ0v) is 15.9. The highest BCUT2D eigenvalue weighted by Gasteiger charge is 2.27. The minimum atomic E-state index is -0.530. The van der Waals surface area contributed by atoms with Crippen molar-refractivity contribution in [3.63, 3.8) is 0 Å². The highest BCUT2D eigenvalue weighted by atomic mass is 16.2. The van der Waals surface area contributed by atoms with Crippen LogP contribution in [0.5, 0.6) is 0 Å². The van der Waals surface area contributed by atoms with Crippen molar-refractivity contribution in [2.75, 3.05) is 0 Å². The molecule has 0 unspecified atom stereocenters. The molecule has 0 atom stereocenters. The number of hydrogen-bond acceptors (Lipinski definition) is 4. The Bertz CT molecular complexity index is 902. The predicted octanol–water partition coefficient (Wildman–Crippen LogP) is 2.56. The quantitative estimate of drug-likeness (QED) is 0.847. The maximum Gasteiger partial charge on any atom is 0.285 e. The molecule has 0 saturated heterocycles. The van der Waals surface area contributed by atoms with Gasteiger partial charge >= 0.3 is 0 Å². The molecule has 26 heavy (non-hydrogen) atoms. The average molecular weight is 352 g/mol. The number of amides is 1. The van der Waals surface area contributed by atoms with E-state index in [1.807, 2.05) is 57.2 Å². The van der Waals surface area contributed by atoms with Crippen LogP contribution < -0.4 is 5.56 Å². The number of carbonyl (C=O) groups is 1. The Balaban J connectivity index is 2.35. The van der Waals surface area contributed by atoms with E-state index in [9.17, 15) is 14.9 Å². The third-order valence-electron chi connectivity index (χ3n) is 4.33. The van der Waals surface area contributed by atoms with Crippen molar-refractivity contribution in [2.45, 2.75) is 53.2 Å². The second kappa shape index (κ2) is 7.52. The summed E-state index contributed by atoms with van der Waals surface area (Å²) < 4.78 is 1.09. The molecule has 0 spiro atoms. The normalized spacial score (nSPS) is 11.1. The van der Waals surface area contributed by atoms with E-state index in [-0.39, 0.29) is 18.0 Å². The van der Waals surface area contributed by atoms with E-state index in [1.165, 1.54) is 0 Å². The molecular formula is C20H24N4O2. The first-order chi connectivity index (χ1) is 12.1. The largest absolute Gasteiger partial charge is 0.332 e. The Kier molecular flexibility index (Phi) is 5.61. The first kappa shape index (κ1) is 19.4. The van der Waals surface area contributed by atoms with Gasteiger partial charge in [0.25, 0.3) is 5.56 Å². The number of nitriles is 1. The van der Waals surface area contributed by atoms with Crippen molar-refractivity contribution in [1.82, 2.24) is 14.7 Å². The Hall–Kier alpha value is -2.94. The third-order valence-corrected chi connectivity index (χ3v) is 4.33. The molecule has 0 aliphatic carbocycles. The molecule has 6 nitrogen and oxygen atoms in total. The summed E-state index contributed by atoms with van der Waals surface area (Å²) in [6.45, 7) is 9.50. The molecule has 0 aliphatic rings. The lowest BCUT2D eigenvalue weighted by Crippen LogP contribution is -2.47. The average Bonchev–Trinajstić information content (AvgIpc) is 2.58. The predicted molar refractivity (Wildman–Crippen MR) is 99.4 cm³/mol. The molecule has 0 aliphatic heterocycles. The van der Waals surface area contributed by atoms with Gasteiger partial charge in [0, 0.05) is 12.1 Å². The van der Waals surface area contributed by atoms with Gasteiger partial charge < -0.3 is 4.90 Å². The van der Waals surface area contributed by atoms with Crippen LogP contribution in [0.4, 0.5) is 0 Å². The number of aryl methyl sites for hydroxylation is 1. The molecule has 0 N–H and O–H groups in total. The van der Waals surface area contributed by atoms with Gasteiger partial charge in [-0.25, -0.2) is 4.68 Å². The summed E-state index contributed by atoms with van der Waals surface area (Å²) in [5, 5.41) is 13.4. The third kappa shape index (κ3) is 4.17. The van der Waals surface area contributed by atoms with E-state index >= 15 is 0 Å². The fourth-order valence-electron chi connectivity index (χ4n) is 2.69. The smallest absolute Gasteiger partial charge is 0.285 e. The topological polar surface area (TPSA) is 79.0 Å². The van der Waals surface area contributed by atoms with E-state index in [1.54, 1.807) is 18.7 Å². The van der Waals surface area contributed by atoms with Gasteiger partial charge in [-0.2, -0.15) is 10.4 Å². The summed E-state index contributed by atoms with van der Waals surface area (Å²) in [5.41, 5.74) is 1.22. The van der Waals surface area contributed by atoms with Crippen molar-refractivity contribution in [2.24, 2.45) is 0 Å². The Morgan fingerprint density at radius 1 is 1.23 bits per heavy atom. The highest BCUT2D eigenvalue weighted by molar-refractivity contribution is 5.76. The van der Waals surface area contributed by atoms with Crippen molar-refractivity contribution in [3.05, 3.63) is 63.1 Å². The van der Waals surface area contributed by atoms with Crippen molar-refractivity contribution < 1.29 is 4.79 Å². The van der Waals surface area contributed by atoms with E-state index < -0.39 is 11.1 Å². The van der Waals surface area contributed by atoms with Crippen LogP contribution in [0.25, 0.3) is 0 Å². The van der Waals surface area contributed by atoms with E-state index in [0.29, 0.717) is 17.8 Å². The molecule has 2 rings (SSSR count). The van der Waals surface area contributed by atoms with Crippen LogP contribution in [0.2, 0.25) is 0 Å². The summed E-state index contributed by atoms with van der Waals surface area (Å²) in [6, 6.07) is 11.6. The van der Waals surface area contributed by atoms with Gasteiger partial charge in [-0.3, -0.25) is 9.59 Å². The van der Waals surface area contributed by atoms with Gasteiger partial charge in [0.05, 0.1) is 5.69 Å². The van der Waals surface area contributed by atoms with Gasteiger partial charge in [0.1, 0.15) is 18.2 Å². The molecular weight excluding hydrogens is 328 g/mol. The van der Waals surface area contributed by atoms with Crippen LogP contribution in [-0.4, -0.2) is 26.1 Å². The summed E-state index contributed by atoms with van der Waals surface area (Å²) in [5.74, 6) is -0.219. The Labute approximate surface area is 153 Å². The fraction of sp³-hybridized carbons (Fsp3) is 0.400. The van der Waals surface area contributed by atoms with Gasteiger partial charge in [-0.1, -0.05) is 30.3 Å². The monoisotopic (exact) mass is 352 g/mol. The number of rotatable bonds is 4. The van der Waals surface area contributed by atoms with Gasteiger partial charge in [0.15, 0.2) is 0 Å².